The van der Waals surface area contributed by atoms with E-state index in [4.69, 9.17) is 9.47 Å². The van der Waals surface area contributed by atoms with Gasteiger partial charge in [0.25, 0.3) is 0 Å². The lowest BCUT2D eigenvalue weighted by molar-refractivity contribution is -0.140. The van der Waals surface area contributed by atoms with Crippen molar-refractivity contribution >= 4 is 35.9 Å². The van der Waals surface area contributed by atoms with E-state index in [0.29, 0.717) is 26.2 Å². The van der Waals surface area contributed by atoms with Crippen molar-refractivity contribution in [3.05, 3.63) is 0 Å². The van der Waals surface area contributed by atoms with Gasteiger partial charge in [-0.15, -0.1) is 24.0 Å². The van der Waals surface area contributed by atoms with Gasteiger partial charge < -0.3 is 24.8 Å². The van der Waals surface area contributed by atoms with Gasteiger partial charge in [0.15, 0.2) is 5.96 Å². The molecule has 0 bridgehead atoms. The summed E-state index contributed by atoms with van der Waals surface area (Å²) in [6.07, 6.45) is 4.26. The van der Waals surface area contributed by atoms with Crippen molar-refractivity contribution in [3.63, 3.8) is 0 Å². The van der Waals surface area contributed by atoms with Gasteiger partial charge >= 0.3 is 5.97 Å². The zero-order valence-electron chi connectivity index (χ0n) is 14.6. The SMILES string of the molecule is CN=C(NCCCCCC(=O)OC)NCCCOCCOC.I. The van der Waals surface area contributed by atoms with Gasteiger partial charge in [-0.2, -0.15) is 0 Å². The Morgan fingerprint density at radius 2 is 1.65 bits per heavy atom. The molecule has 0 aromatic rings. The minimum absolute atomic E-state index is 0. The Morgan fingerprint density at radius 1 is 0.957 bits per heavy atom. The van der Waals surface area contributed by atoms with Gasteiger partial charge in [0.05, 0.1) is 20.3 Å². The highest BCUT2D eigenvalue weighted by Crippen LogP contribution is 1.99. The maximum atomic E-state index is 10.9. The molecular formula is C15H32IN3O4. The van der Waals surface area contributed by atoms with Crippen molar-refractivity contribution < 1.29 is 19.0 Å². The van der Waals surface area contributed by atoms with Crippen LogP contribution in [-0.4, -0.2) is 66.1 Å². The highest BCUT2D eigenvalue weighted by atomic mass is 127. The van der Waals surface area contributed by atoms with Crippen LogP contribution in [0.5, 0.6) is 0 Å². The molecule has 8 heteroatoms. The number of aliphatic imine (C=N–C) groups is 1. The molecule has 0 saturated carbocycles. The van der Waals surface area contributed by atoms with Crippen molar-refractivity contribution in [2.45, 2.75) is 32.1 Å². The number of hydrogen-bond donors (Lipinski definition) is 2. The zero-order chi connectivity index (χ0) is 16.5. The minimum Gasteiger partial charge on any atom is -0.469 e. The molecule has 0 fully saturated rings. The summed E-state index contributed by atoms with van der Waals surface area (Å²) >= 11 is 0. The van der Waals surface area contributed by atoms with E-state index in [-0.39, 0.29) is 29.9 Å². The summed E-state index contributed by atoms with van der Waals surface area (Å²) in [5.74, 6) is 0.656. The third kappa shape index (κ3) is 17.6. The molecule has 0 heterocycles. The van der Waals surface area contributed by atoms with Crippen LogP contribution in [0.4, 0.5) is 0 Å². The molecule has 0 aliphatic carbocycles. The van der Waals surface area contributed by atoms with Crippen molar-refractivity contribution in [3.8, 4) is 0 Å². The van der Waals surface area contributed by atoms with Crippen LogP contribution >= 0.6 is 24.0 Å². The van der Waals surface area contributed by atoms with Gasteiger partial charge in [-0.3, -0.25) is 9.79 Å². The zero-order valence-corrected chi connectivity index (χ0v) is 16.9. The first-order chi connectivity index (χ1) is 10.7. The Kier molecular flexibility index (Phi) is 20.8. The van der Waals surface area contributed by atoms with Crippen LogP contribution in [0.3, 0.4) is 0 Å². The van der Waals surface area contributed by atoms with Crippen molar-refractivity contribution in [2.75, 3.05) is 54.2 Å². The maximum absolute atomic E-state index is 10.9. The molecule has 0 radical (unpaired) electrons. The fourth-order valence-electron chi connectivity index (χ4n) is 1.73. The number of rotatable bonds is 13. The lowest BCUT2D eigenvalue weighted by atomic mass is 10.2. The lowest BCUT2D eigenvalue weighted by Gasteiger charge is -2.11. The second-order valence-corrected chi connectivity index (χ2v) is 4.77. The van der Waals surface area contributed by atoms with Crippen molar-refractivity contribution in [1.82, 2.24) is 10.6 Å². The molecule has 2 N–H and O–H groups in total. The predicted octanol–water partition coefficient (Wildman–Crippen LogP) is 1.56. The average molecular weight is 445 g/mol. The van der Waals surface area contributed by atoms with Crippen LogP contribution in [0.2, 0.25) is 0 Å². The Labute approximate surface area is 156 Å². The lowest BCUT2D eigenvalue weighted by Crippen LogP contribution is -2.38. The van der Waals surface area contributed by atoms with E-state index in [0.717, 1.165) is 44.7 Å². The number of nitrogens with one attached hydrogen (secondary N) is 2. The first kappa shape index (κ1) is 24.6. The van der Waals surface area contributed by atoms with Crippen LogP contribution in [0.15, 0.2) is 4.99 Å². The van der Waals surface area contributed by atoms with Crippen LogP contribution in [0.25, 0.3) is 0 Å². The third-order valence-corrected chi connectivity index (χ3v) is 2.99. The molecule has 0 spiro atoms. The number of nitrogens with zero attached hydrogens (tertiary/aromatic N) is 1. The third-order valence-electron chi connectivity index (χ3n) is 2.99. The number of hydrogen-bond acceptors (Lipinski definition) is 5. The van der Waals surface area contributed by atoms with E-state index in [1.165, 1.54) is 7.11 Å². The Morgan fingerprint density at radius 3 is 2.26 bits per heavy atom. The standard InChI is InChI=1S/C15H31N3O4.HI/c1-16-15(18-10-7-11-22-13-12-20-2)17-9-6-4-5-8-14(19)21-3;/h4-13H2,1-3H3,(H2,16,17,18);1H. The molecule has 0 unspecified atom stereocenters. The van der Waals surface area contributed by atoms with E-state index in [1.54, 1.807) is 14.2 Å². The smallest absolute Gasteiger partial charge is 0.305 e. The number of methoxy groups -OCH3 is 2. The van der Waals surface area contributed by atoms with E-state index in [2.05, 4.69) is 20.4 Å². The molecule has 0 atom stereocenters. The number of halogens is 1. The summed E-state index contributed by atoms with van der Waals surface area (Å²) in [7, 11) is 4.83. The number of carbonyl (C=O) groups is 1. The second-order valence-electron chi connectivity index (χ2n) is 4.77. The highest BCUT2D eigenvalue weighted by Gasteiger charge is 2.00. The molecule has 7 nitrogen and oxygen atoms in total. The summed E-state index contributed by atoms with van der Waals surface area (Å²) in [5.41, 5.74) is 0. The van der Waals surface area contributed by atoms with Gasteiger partial charge in [0.2, 0.25) is 0 Å². The molecule has 0 rings (SSSR count). The molecule has 0 aromatic heterocycles. The Hall–Kier alpha value is -0.610. The molecule has 23 heavy (non-hydrogen) atoms. The monoisotopic (exact) mass is 445 g/mol. The first-order valence-electron chi connectivity index (χ1n) is 7.82. The molecular weight excluding hydrogens is 413 g/mol. The molecule has 0 saturated heterocycles. The summed E-state index contributed by atoms with van der Waals surface area (Å²) in [6, 6.07) is 0. The van der Waals surface area contributed by atoms with Crippen LogP contribution in [0.1, 0.15) is 32.1 Å². The molecule has 0 amide bonds. The van der Waals surface area contributed by atoms with Crippen LogP contribution in [-0.2, 0) is 19.0 Å². The number of carbonyl (C=O) groups excluding carboxylic acids is 1. The fourth-order valence-corrected chi connectivity index (χ4v) is 1.73. The van der Waals surface area contributed by atoms with Crippen LogP contribution < -0.4 is 10.6 Å². The highest BCUT2D eigenvalue weighted by molar-refractivity contribution is 14.0. The Bertz CT molecular complexity index is 304. The van der Waals surface area contributed by atoms with Crippen molar-refractivity contribution in [1.29, 1.82) is 0 Å². The normalized spacial score (nSPS) is 10.8. The van der Waals surface area contributed by atoms with Crippen molar-refractivity contribution in [2.24, 2.45) is 4.99 Å². The van der Waals surface area contributed by atoms with Gasteiger partial charge in [-0.1, -0.05) is 6.42 Å². The average Bonchev–Trinajstić information content (AvgIpc) is 2.54. The largest absolute Gasteiger partial charge is 0.469 e. The molecule has 0 aliphatic rings. The summed E-state index contributed by atoms with van der Waals surface area (Å²) in [5, 5.41) is 6.48. The number of ether oxygens (including phenoxy) is 3. The van der Waals surface area contributed by atoms with Gasteiger partial charge in [-0.25, -0.2) is 0 Å². The molecule has 0 aromatic carbocycles. The van der Waals surface area contributed by atoms with Gasteiger partial charge in [-0.05, 0) is 19.3 Å². The quantitative estimate of drug-likeness (QED) is 0.147. The molecule has 0 aliphatic heterocycles. The molecule has 138 valence electrons. The second kappa shape index (κ2) is 19.4. The topological polar surface area (TPSA) is 81.2 Å². The van der Waals surface area contributed by atoms with Crippen LogP contribution in [0, 0.1) is 0 Å². The van der Waals surface area contributed by atoms with E-state index in [1.807, 2.05) is 0 Å². The predicted molar refractivity (Wildman–Crippen MR) is 103 cm³/mol. The number of esters is 1. The maximum Gasteiger partial charge on any atom is 0.305 e. The summed E-state index contributed by atoms with van der Waals surface area (Å²) in [4.78, 5) is 15.1. The van der Waals surface area contributed by atoms with E-state index < -0.39 is 0 Å². The fraction of sp³-hybridized carbons (Fsp3) is 0.867. The summed E-state index contributed by atoms with van der Waals surface area (Å²) < 4.78 is 14.9. The summed E-state index contributed by atoms with van der Waals surface area (Å²) in [6.45, 7) is 3.63. The number of unbranched alkanes of at least 4 members (excludes halogenated alkanes) is 2. The van der Waals surface area contributed by atoms with E-state index >= 15 is 0 Å². The van der Waals surface area contributed by atoms with E-state index in [9.17, 15) is 4.79 Å². The van der Waals surface area contributed by atoms with Gasteiger partial charge in [0.1, 0.15) is 0 Å². The van der Waals surface area contributed by atoms with Gasteiger partial charge in [0, 0.05) is 40.3 Å². The minimum atomic E-state index is -0.141. The first-order valence-corrected chi connectivity index (χ1v) is 7.82. The number of guanidine groups is 1. The Balaban J connectivity index is 0.